The van der Waals surface area contributed by atoms with E-state index >= 15 is 8.78 Å². The van der Waals surface area contributed by atoms with Crippen molar-refractivity contribution in [2.75, 3.05) is 6.54 Å². The van der Waals surface area contributed by atoms with E-state index in [1.807, 2.05) is 0 Å². The smallest absolute Gasteiger partial charge is 0.257 e. The van der Waals surface area contributed by atoms with E-state index in [2.05, 4.69) is 5.10 Å². The van der Waals surface area contributed by atoms with Crippen molar-refractivity contribution < 1.29 is 18.0 Å². The summed E-state index contributed by atoms with van der Waals surface area (Å²) < 4.78 is 45.7. The lowest BCUT2D eigenvalue weighted by atomic mass is 9.87. The van der Waals surface area contributed by atoms with E-state index in [4.69, 9.17) is 0 Å². The lowest BCUT2D eigenvalue weighted by molar-refractivity contribution is 0.0718. The third-order valence-electron chi connectivity index (χ3n) is 6.59. The minimum Gasteiger partial charge on any atom is -0.334 e. The number of aromatic nitrogens is 2. The molecule has 168 valence electrons. The minimum absolute atomic E-state index is 0.0364. The standard InChI is InChI=1S/C25H21F3N4O/c26-18-4-6-19(7-5-18)32-15-17-14-31(12-9-21(17)30-32)24(33)22-20(25(28)10-1-2-11-25)8-3-16(13-29)23(22)27/h3-8,15H,1-2,9-12,14H2. The molecule has 2 aliphatic rings. The molecule has 0 radical (unpaired) electrons. The van der Waals surface area contributed by atoms with Crippen LogP contribution in [0, 0.1) is 23.0 Å². The van der Waals surface area contributed by atoms with Crippen molar-refractivity contribution in [2.24, 2.45) is 0 Å². The van der Waals surface area contributed by atoms with E-state index in [0.29, 0.717) is 31.5 Å². The Morgan fingerprint density at radius 3 is 2.52 bits per heavy atom. The minimum atomic E-state index is -1.77. The molecule has 2 heterocycles. The van der Waals surface area contributed by atoms with Gasteiger partial charge in [0.25, 0.3) is 5.91 Å². The molecule has 2 aromatic carbocycles. The monoisotopic (exact) mass is 450 g/mol. The Labute approximate surface area is 189 Å². The Kier molecular flexibility index (Phi) is 5.20. The van der Waals surface area contributed by atoms with Crippen LogP contribution < -0.4 is 0 Å². The molecular weight excluding hydrogens is 429 g/mol. The normalized spacial score (nSPS) is 17.0. The average Bonchev–Trinajstić information content (AvgIpc) is 3.45. The number of carbonyl (C=O) groups excluding carboxylic acids is 1. The fraction of sp³-hybridized carbons (Fsp3) is 0.320. The number of halogens is 3. The number of rotatable bonds is 3. The Bertz CT molecular complexity index is 1270. The predicted octanol–water partition coefficient (Wildman–Crippen LogP) is 4.96. The predicted molar refractivity (Wildman–Crippen MR) is 114 cm³/mol. The van der Waals surface area contributed by atoms with Crippen LogP contribution in [0.1, 0.15) is 58.4 Å². The SMILES string of the molecule is N#Cc1ccc(C2(F)CCCC2)c(C(=O)N2CCc3nn(-c4ccc(F)cc4)cc3C2)c1F. The first kappa shape index (κ1) is 21.3. The lowest BCUT2D eigenvalue weighted by Gasteiger charge is -2.29. The van der Waals surface area contributed by atoms with Gasteiger partial charge in [-0.05, 0) is 56.0 Å². The van der Waals surface area contributed by atoms with Crippen LogP contribution in [-0.2, 0) is 18.6 Å². The van der Waals surface area contributed by atoms with Gasteiger partial charge in [-0.3, -0.25) is 4.79 Å². The lowest BCUT2D eigenvalue weighted by Crippen LogP contribution is -2.38. The number of fused-ring (bicyclic) bond motifs is 1. The van der Waals surface area contributed by atoms with Gasteiger partial charge in [0.2, 0.25) is 0 Å². The van der Waals surface area contributed by atoms with Crippen molar-refractivity contribution in [1.29, 1.82) is 5.26 Å². The third-order valence-corrected chi connectivity index (χ3v) is 6.59. The number of hydrogen-bond donors (Lipinski definition) is 0. The first-order chi connectivity index (χ1) is 15.9. The van der Waals surface area contributed by atoms with Crippen molar-refractivity contribution in [2.45, 2.75) is 44.3 Å². The fourth-order valence-corrected chi connectivity index (χ4v) is 4.82. The Morgan fingerprint density at radius 2 is 1.82 bits per heavy atom. The van der Waals surface area contributed by atoms with Gasteiger partial charge in [-0.2, -0.15) is 10.4 Å². The zero-order valence-corrected chi connectivity index (χ0v) is 17.8. The van der Waals surface area contributed by atoms with Crippen molar-refractivity contribution in [3.05, 3.63) is 82.2 Å². The highest BCUT2D eigenvalue weighted by Gasteiger charge is 2.41. The van der Waals surface area contributed by atoms with E-state index in [-0.39, 0.29) is 41.9 Å². The molecule has 1 aliphatic carbocycles. The summed E-state index contributed by atoms with van der Waals surface area (Å²) in [5, 5.41) is 13.8. The van der Waals surface area contributed by atoms with E-state index < -0.39 is 17.4 Å². The Morgan fingerprint density at radius 1 is 1.09 bits per heavy atom. The van der Waals surface area contributed by atoms with Gasteiger partial charge in [0, 0.05) is 36.8 Å². The molecule has 5 rings (SSSR count). The molecule has 3 aromatic rings. The molecule has 1 saturated carbocycles. The second kappa shape index (κ2) is 8.07. The van der Waals surface area contributed by atoms with Crippen LogP contribution in [0.25, 0.3) is 5.69 Å². The quantitative estimate of drug-likeness (QED) is 0.567. The van der Waals surface area contributed by atoms with Crippen molar-refractivity contribution >= 4 is 5.91 Å². The largest absolute Gasteiger partial charge is 0.334 e. The first-order valence-corrected chi connectivity index (χ1v) is 10.9. The summed E-state index contributed by atoms with van der Waals surface area (Å²) in [4.78, 5) is 14.9. The molecule has 0 atom stereocenters. The summed E-state index contributed by atoms with van der Waals surface area (Å²) >= 11 is 0. The highest BCUT2D eigenvalue weighted by atomic mass is 19.1. The molecule has 8 heteroatoms. The number of hydrogen-bond acceptors (Lipinski definition) is 3. The van der Waals surface area contributed by atoms with Crippen molar-refractivity contribution in [3.63, 3.8) is 0 Å². The molecule has 1 aromatic heterocycles. The van der Waals surface area contributed by atoms with E-state index in [0.717, 1.165) is 11.3 Å². The highest BCUT2D eigenvalue weighted by Crippen LogP contribution is 2.45. The number of amides is 1. The first-order valence-electron chi connectivity index (χ1n) is 10.9. The summed E-state index contributed by atoms with van der Waals surface area (Å²) in [6.45, 7) is 0.478. The van der Waals surface area contributed by atoms with Gasteiger partial charge in [0.1, 0.15) is 17.6 Å². The maximum atomic E-state index is 15.6. The molecule has 1 amide bonds. The third kappa shape index (κ3) is 3.67. The van der Waals surface area contributed by atoms with Gasteiger partial charge in [-0.15, -0.1) is 0 Å². The van der Waals surface area contributed by atoms with Gasteiger partial charge < -0.3 is 4.90 Å². The van der Waals surface area contributed by atoms with Crippen LogP contribution in [0.15, 0.2) is 42.6 Å². The van der Waals surface area contributed by atoms with E-state index in [1.165, 1.54) is 29.2 Å². The number of nitriles is 1. The van der Waals surface area contributed by atoms with Crippen LogP contribution in [-0.4, -0.2) is 27.1 Å². The molecule has 0 bridgehead atoms. The van der Waals surface area contributed by atoms with E-state index in [1.54, 1.807) is 29.1 Å². The molecule has 0 N–H and O–H groups in total. The topological polar surface area (TPSA) is 61.9 Å². The van der Waals surface area contributed by atoms with Crippen LogP contribution in [0.4, 0.5) is 13.2 Å². The van der Waals surface area contributed by atoms with E-state index in [9.17, 15) is 14.4 Å². The van der Waals surface area contributed by atoms with Crippen LogP contribution in [0.3, 0.4) is 0 Å². The maximum Gasteiger partial charge on any atom is 0.257 e. The molecular formula is C25H21F3N4O. The van der Waals surface area contributed by atoms with Crippen molar-refractivity contribution in [3.8, 4) is 11.8 Å². The van der Waals surface area contributed by atoms with Gasteiger partial charge in [0.05, 0.1) is 22.5 Å². The van der Waals surface area contributed by atoms with Gasteiger partial charge in [-0.25, -0.2) is 17.9 Å². The Balaban J connectivity index is 1.48. The molecule has 0 unspecified atom stereocenters. The number of nitrogens with zero attached hydrogens (tertiary/aromatic N) is 4. The summed E-state index contributed by atoms with van der Waals surface area (Å²) in [6.07, 6.45) is 4.01. The maximum absolute atomic E-state index is 15.6. The second-order valence-corrected chi connectivity index (χ2v) is 8.63. The summed E-state index contributed by atoms with van der Waals surface area (Å²) in [5.41, 5.74) is -0.0819. The zero-order chi connectivity index (χ0) is 23.2. The molecule has 33 heavy (non-hydrogen) atoms. The summed E-state index contributed by atoms with van der Waals surface area (Å²) in [5.74, 6) is -1.93. The highest BCUT2D eigenvalue weighted by molar-refractivity contribution is 5.97. The molecule has 1 fully saturated rings. The van der Waals surface area contributed by atoms with Gasteiger partial charge in [0.15, 0.2) is 5.82 Å². The number of alkyl halides is 1. The molecule has 0 spiro atoms. The zero-order valence-electron chi connectivity index (χ0n) is 17.8. The summed E-state index contributed by atoms with van der Waals surface area (Å²) in [7, 11) is 0. The second-order valence-electron chi connectivity index (χ2n) is 8.63. The molecule has 1 aliphatic heterocycles. The van der Waals surface area contributed by atoms with Gasteiger partial charge in [-0.1, -0.05) is 6.07 Å². The van der Waals surface area contributed by atoms with Crippen LogP contribution in [0.5, 0.6) is 0 Å². The van der Waals surface area contributed by atoms with Gasteiger partial charge >= 0.3 is 0 Å². The van der Waals surface area contributed by atoms with Crippen LogP contribution >= 0.6 is 0 Å². The summed E-state index contributed by atoms with van der Waals surface area (Å²) in [6, 6.07) is 10.3. The molecule has 0 saturated heterocycles. The number of carbonyl (C=O) groups is 1. The average molecular weight is 450 g/mol. The van der Waals surface area contributed by atoms with Crippen molar-refractivity contribution in [1.82, 2.24) is 14.7 Å². The molecule has 5 nitrogen and oxygen atoms in total. The fourth-order valence-electron chi connectivity index (χ4n) is 4.82. The Hall–Kier alpha value is -3.60. The van der Waals surface area contributed by atoms with Crippen LogP contribution in [0.2, 0.25) is 0 Å². The number of benzene rings is 2.